The minimum Gasteiger partial charge on any atom is -0.390 e. The Kier molecular flexibility index (Phi) is 4.91. The molecule has 1 aromatic carbocycles. The number of aliphatic hydroxyl groups excluding tert-OH is 1. The highest BCUT2D eigenvalue weighted by Gasteiger charge is 2.36. The van der Waals surface area contributed by atoms with E-state index in [0.29, 0.717) is 6.04 Å². The first-order valence-corrected chi connectivity index (χ1v) is 8.17. The number of hydrogen-bond acceptors (Lipinski definition) is 4. The van der Waals surface area contributed by atoms with E-state index in [2.05, 4.69) is 52.0 Å². The number of benzene rings is 1. The molecule has 0 radical (unpaired) electrons. The summed E-state index contributed by atoms with van der Waals surface area (Å²) in [5.74, 6) is 0. The van der Waals surface area contributed by atoms with E-state index >= 15 is 0 Å². The first-order chi connectivity index (χ1) is 10.3. The van der Waals surface area contributed by atoms with Crippen LogP contribution in [0.1, 0.15) is 12.5 Å². The average molecular weight is 289 g/mol. The van der Waals surface area contributed by atoms with Gasteiger partial charge in [0.1, 0.15) is 0 Å². The largest absolute Gasteiger partial charge is 0.390 e. The van der Waals surface area contributed by atoms with Crippen molar-refractivity contribution < 1.29 is 5.11 Å². The van der Waals surface area contributed by atoms with Gasteiger partial charge in [0.25, 0.3) is 0 Å². The first-order valence-electron chi connectivity index (χ1n) is 8.17. The van der Waals surface area contributed by atoms with Crippen molar-refractivity contribution in [3.05, 3.63) is 35.9 Å². The Morgan fingerprint density at radius 2 is 1.71 bits per heavy atom. The molecule has 2 aliphatic heterocycles. The monoisotopic (exact) mass is 289 g/mol. The lowest BCUT2D eigenvalue weighted by Crippen LogP contribution is -2.53. The summed E-state index contributed by atoms with van der Waals surface area (Å²) in [6.07, 6.45) is -0.207. The van der Waals surface area contributed by atoms with Crippen LogP contribution in [0.25, 0.3) is 0 Å². The van der Waals surface area contributed by atoms with Gasteiger partial charge in [-0.25, -0.2) is 0 Å². The summed E-state index contributed by atoms with van der Waals surface area (Å²) in [7, 11) is 0. The van der Waals surface area contributed by atoms with Crippen LogP contribution in [0.3, 0.4) is 0 Å². The van der Waals surface area contributed by atoms with Crippen LogP contribution < -0.4 is 0 Å². The molecule has 0 saturated carbocycles. The topological polar surface area (TPSA) is 30.0 Å². The van der Waals surface area contributed by atoms with Crippen molar-refractivity contribution in [3.8, 4) is 0 Å². The van der Waals surface area contributed by atoms with Gasteiger partial charge in [-0.1, -0.05) is 37.3 Å². The molecule has 0 spiro atoms. The highest BCUT2D eigenvalue weighted by molar-refractivity contribution is 5.15. The van der Waals surface area contributed by atoms with Crippen molar-refractivity contribution in [2.75, 3.05) is 45.8 Å². The maximum atomic E-state index is 10.4. The highest BCUT2D eigenvalue weighted by Crippen LogP contribution is 2.20. The van der Waals surface area contributed by atoms with Crippen molar-refractivity contribution in [2.45, 2.75) is 25.6 Å². The first kappa shape index (κ1) is 15.0. The second-order valence-electron chi connectivity index (χ2n) is 6.28. The van der Waals surface area contributed by atoms with Crippen LogP contribution >= 0.6 is 0 Å². The molecule has 0 aliphatic carbocycles. The minimum atomic E-state index is -0.207. The molecule has 4 nitrogen and oxygen atoms in total. The summed E-state index contributed by atoms with van der Waals surface area (Å²) in [6.45, 7) is 10.6. The Bertz CT molecular complexity index is 431. The molecule has 4 heteroatoms. The summed E-state index contributed by atoms with van der Waals surface area (Å²) < 4.78 is 0. The molecule has 0 bridgehead atoms. The third-order valence-electron chi connectivity index (χ3n) is 4.91. The van der Waals surface area contributed by atoms with Gasteiger partial charge < -0.3 is 10.0 Å². The number of hydrogen-bond donors (Lipinski definition) is 1. The molecule has 2 atom stereocenters. The van der Waals surface area contributed by atoms with E-state index in [-0.39, 0.29) is 6.10 Å². The van der Waals surface area contributed by atoms with Gasteiger partial charge in [-0.2, -0.15) is 0 Å². The van der Waals surface area contributed by atoms with E-state index < -0.39 is 0 Å². The van der Waals surface area contributed by atoms with Crippen LogP contribution in [0, 0.1) is 0 Å². The smallest absolute Gasteiger partial charge is 0.0834 e. The highest BCUT2D eigenvalue weighted by atomic mass is 16.3. The maximum absolute atomic E-state index is 10.4. The molecular formula is C17H27N3O. The molecule has 116 valence electrons. The Morgan fingerprint density at radius 1 is 1.00 bits per heavy atom. The van der Waals surface area contributed by atoms with Gasteiger partial charge >= 0.3 is 0 Å². The fourth-order valence-electron chi connectivity index (χ4n) is 3.59. The Labute approximate surface area is 128 Å². The summed E-state index contributed by atoms with van der Waals surface area (Å²) in [4.78, 5) is 7.36. The molecule has 2 fully saturated rings. The second-order valence-corrected chi connectivity index (χ2v) is 6.28. The predicted molar refractivity (Wildman–Crippen MR) is 85.2 cm³/mol. The van der Waals surface area contributed by atoms with Gasteiger partial charge in [0, 0.05) is 51.9 Å². The van der Waals surface area contributed by atoms with E-state index in [1.807, 2.05) is 0 Å². The zero-order valence-corrected chi connectivity index (χ0v) is 13.0. The number of rotatable bonds is 4. The predicted octanol–water partition coefficient (Wildman–Crippen LogP) is 0.869. The lowest BCUT2D eigenvalue weighted by Gasteiger charge is -2.38. The second kappa shape index (κ2) is 6.88. The number of likely N-dealkylation sites (N-methyl/N-ethyl adjacent to an activating group) is 1. The molecule has 1 N–H and O–H groups in total. The lowest BCUT2D eigenvalue weighted by molar-refractivity contribution is 0.0460. The van der Waals surface area contributed by atoms with Crippen molar-refractivity contribution in [3.63, 3.8) is 0 Å². The molecule has 2 aliphatic rings. The van der Waals surface area contributed by atoms with E-state index in [9.17, 15) is 5.11 Å². The minimum absolute atomic E-state index is 0.207. The van der Waals surface area contributed by atoms with Crippen LogP contribution in [0.5, 0.6) is 0 Å². The quantitative estimate of drug-likeness (QED) is 0.891. The molecule has 0 aromatic heterocycles. The summed E-state index contributed by atoms with van der Waals surface area (Å²) in [5.41, 5.74) is 1.33. The number of nitrogens with zero attached hydrogens (tertiary/aromatic N) is 3. The zero-order valence-electron chi connectivity index (χ0n) is 13.0. The van der Waals surface area contributed by atoms with Crippen molar-refractivity contribution in [1.29, 1.82) is 0 Å². The van der Waals surface area contributed by atoms with Gasteiger partial charge in [-0.15, -0.1) is 0 Å². The molecule has 0 unspecified atom stereocenters. The lowest BCUT2D eigenvalue weighted by atomic mass is 10.1. The fourth-order valence-corrected chi connectivity index (χ4v) is 3.59. The molecular weight excluding hydrogens is 262 g/mol. The van der Waals surface area contributed by atoms with Gasteiger partial charge in [0.15, 0.2) is 0 Å². The third-order valence-corrected chi connectivity index (χ3v) is 4.91. The number of β-amino-alcohol motifs (C(OH)–C–C–N with tert-alkyl or cyclic N) is 1. The van der Waals surface area contributed by atoms with E-state index in [4.69, 9.17) is 0 Å². The van der Waals surface area contributed by atoms with Crippen molar-refractivity contribution >= 4 is 0 Å². The Hall–Kier alpha value is -0.940. The van der Waals surface area contributed by atoms with Crippen LogP contribution in [0.15, 0.2) is 30.3 Å². The molecule has 0 amide bonds. The van der Waals surface area contributed by atoms with Gasteiger partial charge in [0.05, 0.1) is 6.10 Å². The summed E-state index contributed by atoms with van der Waals surface area (Å²) in [6, 6.07) is 10.9. The van der Waals surface area contributed by atoms with Crippen LogP contribution in [0.4, 0.5) is 0 Å². The number of piperazine rings is 1. The Balaban J connectivity index is 1.54. The molecule has 2 heterocycles. The van der Waals surface area contributed by atoms with Crippen LogP contribution in [0.2, 0.25) is 0 Å². The molecule has 3 rings (SSSR count). The third kappa shape index (κ3) is 3.64. The van der Waals surface area contributed by atoms with Crippen LogP contribution in [-0.2, 0) is 6.54 Å². The molecule has 1 aromatic rings. The van der Waals surface area contributed by atoms with Crippen molar-refractivity contribution in [2.24, 2.45) is 0 Å². The standard InChI is InChI=1S/C17H27N3O/c1-2-18-8-10-20(11-9-18)16-13-19(14-17(16)21)12-15-6-4-3-5-7-15/h3-7,16-17,21H,2,8-14H2,1H3/t16-,17-/m1/s1. The Morgan fingerprint density at radius 3 is 2.38 bits per heavy atom. The molecule has 2 saturated heterocycles. The summed E-state index contributed by atoms with van der Waals surface area (Å²) in [5, 5.41) is 10.4. The van der Waals surface area contributed by atoms with Crippen LogP contribution in [-0.4, -0.2) is 77.8 Å². The van der Waals surface area contributed by atoms with Gasteiger partial charge in [0.2, 0.25) is 0 Å². The number of likely N-dealkylation sites (tertiary alicyclic amines) is 1. The normalized spacial score (nSPS) is 29.0. The SMILES string of the molecule is CCN1CCN([C@@H]2CN(Cc3ccccc3)C[C@H]2O)CC1. The fraction of sp³-hybridized carbons (Fsp3) is 0.647. The van der Waals surface area contributed by atoms with E-state index in [1.54, 1.807) is 0 Å². The van der Waals surface area contributed by atoms with Gasteiger partial charge in [-0.05, 0) is 12.1 Å². The molecule has 21 heavy (non-hydrogen) atoms. The van der Waals surface area contributed by atoms with E-state index in [1.165, 1.54) is 5.56 Å². The van der Waals surface area contributed by atoms with Gasteiger partial charge in [-0.3, -0.25) is 9.80 Å². The van der Waals surface area contributed by atoms with Crippen molar-refractivity contribution in [1.82, 2.24) is 14.7 Å². The zero-order chi connectivity index (χ0) is 14.7. The van der Waals surface area contributed by atoms with E-state index in [0.717, 1.165) is 52.4 Å². The average Bonchev–Trinajstić information content (AvgIpc) is 2.89. The summed E-state index contributed by atoms with van der Waals surface area (Å²) >= 11 is 0. The number of aliphatic hydroxyl groups is 1. The maximum Gasteiger partial charge on any atom is 0.0834 e.